The molecule has 1 atom stereocenters. The first-order chi connectivity index (χ1) is 14.1. The van der Waals surface area contributed by atoms with Gasteiger partial charge in [0.2, 0.25) is 5.91 Å². The first-order valence-corrected chi connectivity index (χ1v) is 10.5. The number of oxazole rings is 1. The Morgan fingerprint density at radius 1 is 1.28 bits per heavy atom. The molecule has 1 aromatic carbocycles. The predicted octanol–water partition coefficient (Wildman–Crippen LogP) is 4.08. The standard InChI is InChI=1S/C22H25ClN4O2/c1-2-20-24-9-11-26(20)15-21(28)27-10-3-4-17(14-27)22-25-13-19(29-22)12-16-5-7-18(23)8-6-16/h5-9,11,13,17H,2-4,10,12,14-15H2,1H3/t17-/m1/s1. The maximum atomic E-state index is 12.8. The van der Waals surface area contributed by atoms with Crippen LogP contribution in [0.25, 0.3) is 0 Å². The lowest BCUT2D eigenvalue weighted by molar-refractivity contribution is -0.133. The van der Waals surface area contributed by atoms with Gasteiger partial charge in [0.25, 0.3) is 0 Å². The highest BCUT2D eigenvalue weighted by Crippen LogP contribution is 2.27. The number of nitrogens with zero attached hydrogens (tertiary/aromatic N) is 4. The third-order valence-corrected chi connectivity index (χ3v) is 5.66. The zero-order chi connectivity index (χ0) is 20.2. The lowest BCUT2D eigenvalue weighted by Gasteiger charge is -2.31. The number of rotatable bonds is 6. The maximum Gasteiger partial charge on any atom is 0.242 e. The van der Waals surface area contributed by atoms with E-state index in [9.17, 15) is 4.79 Å². The molecule has 0 unspecified atom stereocenters. The summed E-state index contributed by atoms with van der Waals surface area (Å²) in [5.74, 6) is 2.75. The predicted molar refractivity (Wildman–Crippen MR) is 111 cm³/mol. The Bertz CT molecular complexity index is 963. The SMILES string of the molecule is CCc1nccn1CC(=O)N1CCC[C@@H](c2ncc(Cc3ccc(Cl)cc3)o2)C1. The summed E-state index contributed by atoms with van der Waals surface area (Å²) >= 11 is 5.95. The van der Waals surface area contributed by atoms with Crippen LogP contribution in [-0.2, 0) is 24.2 Å². The fraction of sp³-hybridized carbons (Fsp3) is 0.409. The first kappa shape index (κ1) is 19.7. The van der Waals surface area contributed by atoms with Gasteiger partial charge in [-0.05, 0) is 30.5 Å². The van der Waals surface area contributed by atoms with Crippen molar-refractivity contribution in [2.45, 2.75) is 45.1 Å². The Hall–Kier alpha value is -2.60. The quantitative estimate of drug-likeness (QED) is 0.611. The van der Waals surface area contributed by atoms with Crippen molar-refractivity contribution in [3.8, 4) is 0 Å². The largest absolute Gasteiger partial charge is 0.445 e. The van der Waals surface area contributed by atoms with E-state index in [-0.39, 0.29) is 11.8 Å². The summed E-state index contributed by atoms with van der Waals surface area (Å²) in [6, 6.07) is 7.74. The van der Waals surface area contributed by atoms with Gasteiger partial charge in [-0.15, -0.1) is 0 Å². The summed E-state index contributed by atoms with van der Waals surface area (Å²) in [7, 11) is 0. The Morgan fingerprint density at radius 2 is 2.10 bits per heavy atom. The van der Waals surface area contributed by atoms with E-state index >= 15 is 0 Å². The molecule has 29 heavy (non-hydrogen) atoms. The molecule has 7 heteroatoms. The summed E-state index contributed by atoms with van der Waals surface area (Å²) in [6.45, 7) is 3.81. The molecule has 0 radical (unpaired) electrons. The molecule has 3 heterocycles. The van der Waals surface area contributed by atoms with Crippen molar-refractivity contribution < 1.29 is 9.21 Å². The van der Waals surface area contributed by atoms with Crippen molar-refractivity contribution in [3.63, 3.8) is 0 Å². The first-order valence-electron chi connectivity index (χ1n) is 10.1. The van der Waals surface area contributed by atoms with Gasteiger partial charge in [-0.3, -0.25) is 4.79 Å². The molecular weight excluding hydrogens is 388 g/mol. The molecule has 6 nitrogen and oxygen atoms in total. The molecule has 2 aromatic heterocycles. The summed E-state index contributed by atoms with van der Waals surface area (Å²) in [5, 5.41) is 0.723. The van der Waals surface area contributed by atoms with E-state index in [2.05, 4.69) is 9.97 Å². The van der Waals surface area contributed by atoms with Gasteiger partial charge in [0.1, 0.15) is 18.1 Å². The van der Waals surface area contributed by atoms with Crippen LogP contribution < -0.4 is 0 Å². The van der Waals surface area contributed by atoms with Gasteiger partial charge in [-0.25, -0.2) is 9.97 Å². The number of amides is 1. The average molecular weight is 413 g/mol. The minimum Gasteiger partial charge on any atom is -0.445 e. The molecule has 1 saturated heterocycles. The number of piperidine rings is 1. The van der Waals surface area contributed by atoms with Crippen LogP contribution in [0.15, 0.2) is 47.3 Å². The fourth-order valence-corrected chi connectivity index (χ4v) is 3.97. The summed E-state index contributed by atoms with van der Waals surface area (Å²) in [4.78, 5) is 23.5. The highest BCUT2D eigenvalue weighted by Gasteiger charge is 2.28. The third-order valence-electron chi connectivity index (χ3n) is 5.41. The van der Waals surface area contributed by atoms with Crippen LogP contribution in [0.4, 0.5) is 0 Å². The second-order valence-corrected chi connectivity index (χ2v) is 7.91. The number of likely N-dealkylation sites (tertiary alicyclic amines) is 1. The zero-order valence-corrected chi connectivity index (χ0v) is 17.3. The van der Waals surface area contributed by atoms with Crippen LogP contribution in [0, 0.1) is 0 Å². The van der Waals surface area contributed by atoms with E-state index in [4.69, 9.17) is 16.0 Å². The molecule has 152 valence electrons. The molecule has 3 aromatic rings. The molecule has 0 N–H and O–H groups in total. The van der Waals surface area contributed by atoms with Crippen molar-refractivity contribution in [2.24, 2.45) is 0 Å². The van der Waals surface area contributed by atoms with Crippen molar-refractivity contribution in [2.75, 3.05) is 13.1 Å². The van der Waals surface area contributed by atoms with Crippen molar-refractivity contribution >= 4 is 17.5 Å². The van der Waals surface area contributed by atoms with Crippen LogP contribution in [0.5, 0.6) is 0 Å². The summed E-state index contributed by atoms with van der Waals surface area (Å²) in [6.07, 6.45) is 8.85. The Morgan fingerprint density at radius 3 is 2.90 bits per heavy atom. The lowest BCUT2D eigenvalue weighted by atomic mass is 9.98. The van der Waals surface area contributed by atoms with Crippen LogP contribution in [0.2, 0.25) is 5.02 Å². The van der Waals surface area contributed by atoms with Gasteiger partial charge >= 0.3 is 0 Å². The number of aryl methyl sites for hydroxylation is 1. The second-order valence-electron chi connectivity index (χ2n) is 7.47. The van der Waals surface area contributed by atoms with E-state index in [1.54, 1.807) is 12.4 Å². The number of benzene rings is 1. The Balaban J connectivity index is 1.38. The summed E-state index contributed by atoms with van der Waals surface area (Å²) < 4.78 is 7.96. The molecule has 1 amide bonds. The van der Waals surface area contributed by atoms with Crippen LogP contribution in [-0.4, -0.2) is 38.4 Å². The molecule has 0 spiro atoms. The topological polar surface area (TPSA) is 64.2 Å². The van der Waals surface area contributed by atoms with Crippen LogP contribution in [0.1, 0.15) is 48.7 Å². The van der Waals surface area contributed by atoms with Gasteiger partial charge in [-0.2, -0.15) is 0 Å². The number of halogens is 1. The molecule has 0 aliphatic carbocycles. The van der Waals surface area contributed by atoms with Crippen molar-refractivity contribution in [3.05, 3.63) is 70.9 Å². The van der Waals surface area contributed by atoms with Gasteiger partial charge in [0.05, 0.1) is 12.1 Å². The molecular formula is C22H25ClN4O2. The minimum absolute atomic E-state index is 0.121. The highest BCUT2D eigenvalue weighted by molar-refractivity contribution is 6.30. The number of imidazole rings is 1. The average Bonchev–Trinajstić information content (AvgIpc) is 3.39. The number of carbonyl (C=O) groups is 1. The molecule has 0 bridgehead atoms. The number of hydrogen-bond acceptors (Lipinski definition) is 4. The Kier molecular flexibility index (Phi) is 6.00. The maximum absolute atomic E-state index is 12.8. The lowest BCUT2D eigenvalue weighted by Crippen LogP contribution is -2.41. The van der Waals surface area contributed by atoms with E-state index < -0.39 is 0 Å². The van der Waals surface area contributed by atoms with Gasteiger partial charge in [0.15, 0.2) is 5.89 Å². The number of aromatic nitrogens is 3. The molecule has 1 aliphatic rings. The van der Waals surface area contributed by atoms with E-state index in [1.165, 1.54) is 0 Å². The van der Waals surface area contributed by atoms with E-state index in [0.29, 0.717) is 19.5 Å². The smallest absolute Gasteiger partial charge is 0.242 e. The third kappa shape index (κ3) is 4.70. The molecule has 1 aliphatic heterocycles. The van der Waals surface area contributed by atoms with Gasteiger partial charge in [-0.1, -0.05) is 30.7 Å². The zero-order valence-electron chi connectivity index (χ0n) is 16.6. The van der Waals surface area contributed by atoms with Gasteiger partial charge in [0, 0.05) is 43.3 Å². The molecule has 1 fully saturated rings. The minimum atomic E-state index is 0.121. The monoisotopic (exact) mass is 412 g/mol. The van der Waals surface area contributed by atoms with Crippen molar-refractivity contribution in [1.29, 1.82) is 0 Å². The number of hydrogen-bond donors (Lipinski definition) is 0. The highest BCUT2D eigenvalue weighted by atomic mass is 35.5. The van der Waals surface area contributed by atoms with E-state index in [1.807, 2.05) is 46.9 Å². The fourth-order valence-electron chi connectivity index (χ4n) is 3.85. The summed E-state index contributed by atoms with van der Waals surface area (Å²) in [5.41, 5.74) is 1.13. The Labute approximate surface area is 175 Å². The number of carbonyl (C=O) groups excluding carboxylic acids is 1. The second kappa shape index (κ2) is 8.82. The van der Waals surface area contributed by atoms with Crippen LogP contribution >= 0.6 is 11.6 Å². The normalized spacial score (nSPS) is 16.9. The van der Waals surface area contributed by atoms with E-state index in [0.717, 1.165) is 53.9 Å². The molecule has 4 rings (SSSR count). The van der Waals surface area contributed by atoms with Gasteiger partial charge < -0.3 is 13.9 Å². The van der Waals surface area contributed by atoms with Crippen molar-refractivity contribution in [1.82, 2.24) is 19.4 Å². The molecule has 0 saturated carbocycles. The van der Waals surface area contributed by atoms with Crippen LogP contribution in [0.3, 0.4) is 0 Å².